The Bertz CT molecular complexity index is 1830. The number of hydrogen-bond donors (Lipinski definition) is 3. The maximum absolute atomic E-state index is 13.1. The quantitative estimate of drug-likeness (QED) is 0.181. The van der Waals surface area contributed by atoms with Gasteiger partial charge in [0.2, 0.25) is 0 Å². The van der Waals surface area contributed by atoms with E-state index in [2.05, 4.69) is 52.0 Å². The van der Waals surface area contributed by atoms with Gasteiger partial charge >= 0.3 is 12.2 Å². The Labute approximate surface area is 327 Å². The molecule has 282 valence electrons. The average Bonchev–Trinajstić information content (AvgIpc) is 3.79. The zero-order chi connectivity index (χ0) is 34.9. The van der Waals surface area contributed by atoms with E-state index in [0.717, 1.165) is 71.2 Å². The molecule has 0 bridgehead atoms. The zero-order valence-corrected chi connectivity index (χ0v) is 33.8. The van der Waals surface area contributed by atoms with Crippen molar-refractivity contribution in [3.05, 3.63) is 78.1 Å². The van der Waals surface area contributed by atoms with E-state index in [0.29, 0.717) is 12.1 Å². The van der Waals surface area contributed by atoms with Gasteiger partial charge < -0.3 is 25.1 Å². The smallest absolute Gasteiger partial charge is 0.410 e. The summed E-state index contributed by atoms with van der Waals surface area (Å²) in [4.78, 5) is 48.3. The fourth-order valence-corrected chi connectivity index (χ4v) is 6.64. The maximum atomic E-state index is 13.1. The number of amides is 3. The number of benzene rings is 3. The van der Waals surface area contributed by atoms with E-state index < -0.39 is 17.3 Å². The van der Waals surface area contributed by atoms with E-state index in [9.17, 15) is 14.4 Å². The van der Waals surface area contributed by atoms with Crippen LogP contribution in [0.3, 0.4) is 0 Å². The van der Waals surface area contributed by atoms with Crippen LogP contribution in [0.15, 0.2) is 66.7 Å². The third-order valence-electron chi connectivity index (χ3n) is 8.93. The Morgan fingerprint density at radius 3 is 1.85 bits per heavy atom. The molecule has 10 nitrogen and oxygen atoms in total. The van der Waals surface area contributed by atoms with E-state index >= 15 is 0 Å². The highest BCUT2D eigenvalue weighted by Crippen LogP contribution is 2.34. The van der Waals surface area contributed by atoms with Crippen LogP contribution in [0, 0.1) is 0 Å². The van der Waals surface area contributed by atoms with Crippen LogP contribution < -0.4 is 10.6 Å². The van der Waals surface area contributed by atoms with Gasteiger partial charge in [-0.15, -0.1) is 0 Å². The molecule has 52 heavy (non-hydrogen) atoms. The Balaban J connectivity index is 0.00000243. The van der Waals surface area contributed by atoms with Gasteiger partial charge in [0.25, 0.3) is 5.91 Å². The Hall–Kier alpha value is -3.81. The number of ether oxygens (including phenoxy) is 2. The highest BCUT2D eigenvalue weighted by atomic mass is 32.1. The van der Waals surface area contributed by atoms with Crippen LogP contribution in [-0.4, -0.2) is 62.8 Å². The minimum atomic E-state index is -0.576. The summed E-state index contributed by atoms with van der Waals surface area (Å²) in [5.74, 6) is 0.621. The van der Waals surface area contributed by atoms with Gasteiger partial charge in [-0.05, 0) is 120 Å². The van der Waals surface area contributed by atoms with E-state index in [-0.39, 0.29) is 70.6 Å². The molecule has 2 aliphatic rings. The van der Waals surface area contributed by atoms with Gasteiger partial charge in [-0.1, -0.05) is 42.5 Å². The van der Waals surface area contributed by atoms with Crippen LogP contribution in [0.4, 0.5) is 9.59 Å². The summed E-state index contributed by atoms with van der Waals surface area (Å²) in [5.41, 5.74) is 5.41. The minimum absolute atomic E-state index is 0. The van der Waals surface area contributed by atoms with Gasteiger partial charge in [0.05, 0.1) is 23.1 Å². The van der Waals surface area contributed by atoms with Crippen molar-refractivity contribution in [1.82, 2.24) is 25.5 Å². The summed E-state index contributed by atoms with van der Waals surface area (Å²) in [6.45, 7) is 11.8. The zero-order valence-electron chi connectivity index (χ0n) is 30.8. The Morgan fingerprint density at radius 2 is 1.25 bits per heavy atom. The lowest BCUT2D eigenvalue weighted by molar-refractivity contribution is 0.0218. The molecule has 3 atom stereocenters. The molecule has 2 heterocycles. The van der Waals surface area contributed by atoms with Crippen molar-refractivity contribution in [2.24, 2.45) is 0 Å². The number of rotatable bonds is 6. The first-order chi connectivity index (χ1) is 23.2. The third kappa shape index (κ3) is 10.4. The topological polar surface area (TPSA) is 126 Å². The van der Waals surface area contributed by atoms with Crippen molar-refractivity contribution in [2.75, 3.05) is 6.54 Å². The fraction of sp³-hybridized carbons (Fsp3) is 0.436. The lowest BCUT2D eigenvalue weighted by Gasteiger charge is -2.27. The van der Waals surface area contributed by atoms with Crippen molar-refractivity contribution < 1.29 is 23.9 Å². The van der Waals surface area contributed by atoms with E-state index in [1.165, 1.54) is 0 Å². The highest BCUT2D eigenvalue weighted by Gasteiger charge is 2.35. The number of hydrogen-bond acceptors (Lipinski definition) is 6. The summed E-state index contributed by atoms with van der Waals surface area (Å²) in [7, 11) is 0. The van der Waals surface area contributed by atoms with Crippen LogP contribution in [0.5, 0.6) is 0 Å². The monoisotopic (exact) mass is 767 g/mol. The predicted octanol–water partition coefficient (Wildman–Crippen LogP) is 8.48. The summed E-state index contributed by atoms with van der Waals surface area (Å²) >= 11 is 0. The number of aromatic nitrogens is 2. The number of nitrogens with one attached hydrogen (secondary N) is 3. The maximum Gasteiger partial charge on any atom is 0.410 e. The number of aromatic amines is 1. The van der Waals surface area contributed by atoms with Crippen LogP contribution >= 0.6 is 40.5 Å². The molecule has 3 aromatic carbocycles. The van der Waals surface area contributed by atoms with Crippen molar-refractivity contribution in [2.45, 2.75) is 103 Å². The van der Waals surface area contributed by atoms with E-state index in [1.807, 2.05) is 71.9 Å². The Morgan fingerprint density at radius 1 is 0.712 bits per heavy atom. The summed E-state index contributed by atoms with van der Waals surface area (Å²) in [6, 6.07) is 21.7. The molecule has 1 saturated carbocycles. The number of carbonyl (C=O) groups is 3. The standard InChI is InChI=1S/C39H47N5O5.3H2S/c1-38(2,3)48-36(46)43-30-10-7-9-29(30)42-35(45)27-18-16-25(17-19-27)24-12-14-26(15-13-24)28-20-21-31-32(23-28)41-34(40-31)33-11-8-22-44(33)37(47)49-39(4,5)6;;;/h12-21,23,29-30,33H,7-11,22H2,1-6H3,(H,40,41)(H,42,45)(H,43,46);3*1H2/t29-,30-,33-;;;/m0.../s1. The van der Waals surface area contributed by atoms with Crippen molar-refractivity contribution in [1.29, 1.82) is 0 Å². The first-order valence-electron chi connectivity index (χ1n) is 17.2. The fourth-order valence-electron chi connectivity index (χ4n) is 6.64. The summed E-state index contributed by atoms with van der Waals surface area (Å²) < 4.78 is 11.0. The van der Waals surface area contributed by atoms with Crippen LogP contribution in [0.1, 0.15) is 95.9 Å². The number of likely N-dealkylation sites (tertiary alicyclic amines) is 1. The molecule has 3 amide bonds. The number of imidazole rings is 1. The van der Waals surface area contributed by atoms with Gasteiger partial charge in [0.1, 0.15) is 17.0 Å². The normalized spacial score (nSPS) is 18.4. The third-order valence-corrected chi connectivity index (χ3v) is 8.93. The highest BCUT2D eigenvalue weighted by molar-refractivity contribution is 7.59. The van der Waals surface area contributed by atoms with E-state index in [4.69, 9.17) is 14.5 Å². The molecular weight excluding hydrogens is 715 g/mol. The number of fused-ring (bicyclic) bond motifs is 1. The van der Waals surface area contributed by atoms with Crippen LogP contribution in [-0.2, 0) is 9.47 Å². The Kier molecular flexibility index (Phi) is 14.2. The van der Waals surface area contributed by atoms with Crippen molar-refractivity contribution in [3.63, 3.8) is 0 Å². The summed E-state index contributed by atoms with van der Waals surface area (Å²) in [6.07, 6.45) is 3.51. The first-order valence-corrected chi connectivity index (χ1v) is 17.2. The molecule has 1 aromatic heterocycles. The van der Waals surface area contributed by atoms with Gasteiger partial charge in [0, 0.05) is 18.2 Å². The predicted molar refractivity (Wildman–Crippen MR) is 221 cm³/mol. The molecule has 2 fully saturated rings. The van der Waals surface area contributed by atoms with Gasteiger partial charge in [-0.3, -0.25) is 9.69 Å². The first kappa shape index (κ1) is 42.6. The molecule has 1 aliphatic heterocycles. The van der Waals surface area contributed by atoms with Crippen LogP contribution in [0.2, 0.25) is 0 Å². The number of carbonyl (C=O) groups excluding carboxylic acids is 3. The molecule has 0 spiro atoms. The molecule has 1 saturated heterocycles. The number of alkyl carbamates (subject to hydrolysis) is 1. The number of nitrogens with zero attached hydrogens (tertiary/aromatic N) is 2. The average molecular weight is 768 g/mol. The van der Waals surface area contributed by atoms with Gasteiger partial charge in [-0.2, -0.15) is 40.5 Å². The second kappa shape index (κ2) is 17.3. The molecule has 3 N–H and O–H groups in total. The molecule has 1 aliphatic carbocycles. The van der Waals surface area contributed by atoms with Crippen molar-refractivity contribution >= 4 is 69.6 Å². The summed E-state index contributed by atoms with van der Waals surface area (Å²) in [5, 5.41) is 6.03. The lowest BCUT2D eigenvalue weighted by Crippen LogP contribution is -2.49. The van der Waals surface area contributed by atoms with Gasteiger partial charge in [0.15, 0.2) is 0 Å². The second-order valence-corrected chi connectivity index (χ2v) is 15.1. The van der Waals surface area contributed by atoms with E-state index in [1.54, 1.807) is 4.90 Å². The molecule has 6 rings (SSSR count). The minimum Gasteiger partial charge on any atom is -0.444 e. The molecular formula is C39H53N5O5S3. The van der Waals surface area contributed by atoms with Gasteiger partial charge in [-0.25, -0.2) is 14.6 Å². The van der Waals surface area contributed by atoms with Crippen molar-refractivity contribution in [3.8, 4) is 22.3 Å². The second-order valence-electron chi connectivity index (χ2n) is 15.1. The number of H-pyrrole nitrogens is 1. The molecule has 0 radical (unpaired) electrons. The molecule has 4 aromatic rings. The lowest BCUT2D eigenvalue weighted by atomic mass is 9.99. The molecule has 0 unspecified atom stereocenters. The SMILES string of the molecule is CC(C)(C)OC(=O)N[C@H]1CCC[C@@H]1NC(=O)c1ccc(-c2ccc(-c3ccc4nc([C@@H]5CCCN5C(=O)OC(C)(C)C)[nH]c4c3)cc2)cc1.S.S.S. The van der Waals surface area contributed by atoms with Crippen LogP contribution in [0.25, 0.3) is 33.3 Å². The molecule has 13 heteroatoms. The largest absolute Gasteiger partial charge is 0.444 e.